The molecule has 2 heteroatoms. The average Bonchev–Trinajstić information content (AvgIpc) is 1.72. The summed E-state index contributed by atoms with van der Waals surface area (Å²) in [7, 11) is 0. The van der Waals surface area contributed by atoms with Crippen LogP contribution in [0.3, 0.4) is 0 Å². The summed E-state index contributed by atoms with van der Waals surface area (Å²) in [6, 6.07) is 5.72. The van der Waals surface area contributed by atoms with Gasteiger partial charge >= 0.3 is 19.5 Å². The van der Waals surface area contributed by atoms with E-state index in [1.165, 1.54) is 0 Å². The van der Waals surface area contributed by atoms with Gasteiger partial charge in [0.25, 0.3) is 0 Å². The number of nitrogens with zero attached hydrogens (tertiary/aromatic N) is 1. The molecular weight excluding hydrogens is 223 g/mol. The van der Waals surface area contributed by atoms with Crippen LogP contribution in [-0.2, 0) is 19.5 Å². The van der Waals surface area contributed by atoms with Gasteiger partial charge in [0.15, 0.2) is 0 Å². The maximum Gasteiger partial charge on any atom is 4.00 e. The Balaban J connectivity index is -0.0000000240. The zero-order chi connectivity index (χ0) is 4.24. The monoisotopic (exact) mass is 241 g/mol. The van der Waals surface area contributed by atoms with E-state index in [1.54, 1.807) is 12.4 Å². The van der Waals surface area contributed by atoms with Crippen LogP contribution < -0.4 is 0 Å². The van der Waals surface area contributed by atoms with E-state index in [9.17, 15) is 0 Å². The third-order valence-corrected chi connectivity index (χ3v) is 0.566. The molecule has 0 spiro atoms. The van der Waals surface area contributed by atoms with E-state index in [1.807, 2.05) is 18.2 Å². The normalized spacial score (nSPS) is 4.36. The van der Waals surface area contributed by atoms with Crippen molar-refractivity contribution in [2.45, 2.75) is 0 Å². The molecule has 0 aliphatic carbocycles. The maximum absolute atomic E-state index is 3.78. The molecule has 0 saturated heterocycles. The topological polar surface area (TPSA) is 12.9 Å². The Hall–Kier alpha value is -0.227. The Morgan fingerprint density at radius 1 is 0.636 bits per heavy atom. The van der Waals surface area contributed by atoms with E-state index in [-0.39, 0.29) is 49.2 Å². The summed E-state index contributed by atoms with van der Waals surface area (Å²) in [6.07, 6.45) is 3.50. The molecule has 11 heavy (non-hydrogen) atoms. The van der Waals surface area contributed by atoms with Crippen molar-refractivity contribution in [3.63, 3.8) is 0 Å². The van der Waals surface area contributed by atoms with E-state index < -0.39 is 0 Å². The SMILES string of the molecule is [CH3-].[CH3-].[CH3-].[CH3-].[Ru+4].c1ccncc1. The molecule has 0 bridgehead atoms. The first kappa shape index (κ1) is 30.9. The Kier molecular flexibility index (Phi) is 63.3. The van der Waals surface area contributed by atoms with E-state index in [0.717, 1.165) is 0 Å². The molecule has 0 aromatic carbocycles. The molecule has 0 saturated carbocycles. The fourth-order valence-corrected chi connectivity index (χ4v) is 0.313. The van der Waals surface area contributed by atoms with E-state index >= 15 is 0 Å². The van der Waals surface area contributed by atoms with Gasteiger partial charge in [0, 0.05) is 12.4 Å². The minimum Gasteiger partial charge on any atom is -0.358 e. The van der Waals surface area contributed by atoms with E-state index in [4.69, 9.17) is 0 Å². The van der Waals surface area contributed by atoms with Crippen LogP contribution in [0.4, 0.5) is 0 Å². The van der Waals surface area contributed by atoms with Crippen LogP contribution in [0.5, 0.6) is 0 Å². The second kappa shape index (κ2) is 22.6. The van der Waals surface area contributed by atoms with Gasteiger partial charge in [-0.3, -0.25) is 4.98 Å². The Morgan fingerprint density at radius 3 is 1.09 bits per heavy atom. The molecule has 1 nitrogen and oxygen atoms in total. The van der Waals surface area contributed by atoms with Gasteiger partial charge in [-0.2, -0.15) is 0 Å². The predicted molar refractivity (Wildman–Crippen MR) is 49.9 cm³/mol. The molecule has 0 unspecified atom stereocenters. The molecule has 0 fully saturated rings. The zero-order valence-corrected chi connectivity index (χ0v) is 9.43. The molecule has 0 radical (unpaired) electrons. The van der Waals surface area contributed by atoms with Gasteiger partial charge in [0.1, 0.15) is 0 Å². The van der Waals surface area contributed by atoms with Crippen LogP contribution in [0.25, 0.3) is 0 Å². The Bertz CT molecular complexity index is 81.5. The van der Waals surface area contributed by atoms with Crippen molar-refractivity contribution in [1.29, 1.82) is 0 Å². The van der Waals surface area contributed by atoms with Crippen molar-refractivity contribution >= 4 is 0 Å². The molecule has 1 aromatic rings. The quantitative estimate of drug-likeness (QED) is 0.502. The van der Waals surface area contributed by atoms with Gasteiger partial charge in [-0.1, -0.05) is 6.07 Å². The van der Waals surface area contributed by atoms with Crippen molar-refractivity contribution in [3.8, 4) is 0 Å². The molecule has 1 heterocycles. The van der Waals surface area contributed by atoms with Crippen molar-refractivity contribution in [3.05, 3.63) is 60.3 Å². The first-order valence-electron chi connectivity index (χ1n) is 1.85. The van der Waals surface area contributed by atoms with Crippen LogP contribution in [-0.4, -0.2) is 4.98 Å². The molecule has 0 aliphatic heterocycles. The fraction of sp³-hybridized carbons (Fsp3) is 0. The summed E-state index contributed by atoms with van der Waals surface area (Å²) in [5.74, 6) is 0. The molecule has 0 atom stereocenters. The Labute approximate surface area is 85.0 Å². The predicted octanol–water partition coefficient (Wildman–Crippen LogP) is 2.88. The van der Waals surface area contributed by atoms with Gasteiger partial charge in [0.2, 0.25) is 0 Å². The Morgan fingerprint density at radius 2 is 1.00 bits per heavy atom. The van der Waals surface area contributed by atoms with Gasteiger partial charge < -0.3 is 29.7 Å². The van der Waals surface area contributed by atoms with Crippen LogP contribution in [0, 0.1) is 29.7 Å². The molecule has 1 aromatic heterocycles. The summed E-state index contributed by atoms with van der Waals surface area (Å²) < 4.78 is 0. The van der Waals surface area contributed by atoms with Crippen LogP contribution in [0.1, 0.15) is 0 Å². The minimum absolute atomic E-state index is 0. The number of hydrogen-bond donors (Lipinski definition) is 0. The molecule has 0 N–H and O–H groups in total. The fourth-order valence-electron chi connectivity index (χ4n) is 0.313. The molecular formula is C9H17NRu. The third-order valence-electron chi connectivity index (χ3n) is 0.566. The van der Waals surface area contributed by atoms with Crippen LogP contribution >= 0.6 is 0 Å². The average molecular weight is 240 g/mol. The van der Waals surface area contributed by atoms with Gasteiger partial charge in [-0.05, 0) is 12.1 Å². The standard InChI is InChI=1S/C5H5N.4CH3.Ru/c1-2-4-6-5-3-1;;;;;/h1-5H;4*1H3;/q;4*-1;+4. The zero-order valence-electron chi connectivity index (χ0n) is 7.69. The summed E-state index contributed by atoms with van der Waals surface area (Å²) in [4.78, 5) is 3.78. The number of rotatable bonds is 0. The summed E-state index contributed by atoms with van der Waals surface area (Å²) in [6.45, 7) is 0. The summed E-state index contributed by atoms with van der Waals surface area (Å²) in [5.41, 5.74) is 0. The van der Waals surface area contributed by atoms with Crippen LogP contribution in [0.15, 0.2) is 30.6 Å². The summed E-state index contributed by atoms with van der Waals surface area (Å²) in [5, 5.41) is 0. The first-order chi connectivity index (χ1) is 3.00. The summed E-state index contributed by atoms with van der Waals surface area (Å²) >= 11 is 0. The maximum atomic E-state index is 3.78. The van der Waals surface area contributed by atoms with Crippen molar-refractivity contribution < 1.29 is 19.5 Å². The second-order valence-corrected chi connectivity index (χ2v) is 1.02. The molecule has 1 rings (SSSR count). The first-order valence-corrected chi connectivity index (χ1v) is 1.85. The molecule has 0 aliphatic rings. The van der Waals surface area contributed by atoms with Crippen molar-refractivity contribution in [1.82, 2.24) is 4.98 Å². The van der Waals surface area contributed by atoms with Gasteiger partial charge in [-0.25, -0.2) is 0 Å². The second-order valence-electron chi connectivity index (χ2n) is 1.02. The van der Waals surface area contributed by atoms with Gasteiger partial charge in [-0.15, -0.1) is 0 Å². The molecule has 0 amide bonds. The van der Waals surface area contributed by atoms with Crippen molar-refractivity contribution in [2.24, 2.45) is 0 Å². The smallest absolute Gasteiger partial charge is 0.358 e. The minimum atomic E-state index is 0. The van der Waals surface area contributed by atoms with E-state index in [0.29, 0.717) is 0 Å². The van der Waals surface area contributed by atoms with Crippen molar-refractivity contribution in [2.75, 3.05) is 0 Å². The van der Waals surface area contributed by atoms with Gasteiger partial charge in [0.05, 0.1) is 0 Å². The molecule has 66 valence electrons. The largest absolute Gasteiger partial charge is 4.00 e. The van der Waals surface area contributed by atoms with E-state index in [2.05, 4.69) is 4.98 Å². The number of hydrogen-bond acceptors (Lipinski definition) is 1. The number of aromatic nitrogens is 1. The van der Waals surface area contributed by atoms with Crippen LogP contribution in [0.2, 0.25) is 0 Å². The third kappa shape index (κ3) is 17.7. The number of pyridine rings is 1.